The number of hydrogen-bond donors (Lipinski definition) is 0. The van der Waals surface area contributed by atoms with Crippen LogP contribution in [0.3, 0.4) is 0 Å². The SMILES string of the molecule is CCOc1ccc(N=CCC(=O)c2ccccc2)c([N+](=O)[O-])c1. The number of nitrogens with zero attached hydrogens (tertiary/aromatic N) is 2. The van der Waals surface area contributed by atoms with Crippen molar-refractivity contribution in [1.82, 2.24) is 0 Å². The standard InChI is InChI=1S/C17H16N2O4/c1-2-23-14-8-9-15(16(12-14)19(21)22)18-11-10-17(20)13-6-4-3-5-7-13/h3-9,11-12H,2,10H2,1H3. The summed E-state index contributed by atoms with van der Waals surface area (Å²) in [5.41, 5.74) is 0.624. The smallest absolute Gasteiger partial charge is 0.298 e. The van der Waals surface area contributed by atoms with Crippen LogP contribution in [0, 0.1) is 10.1 Å². The van der Waals surface area contributed by atoms with Gasteiger partial charge in [0.15, 0.2) is 5.78 Å². The third-order valence-corrected chi connectivity index (χ3v) is 3.06. The first-order chi connectivity index (χ1) is 11.1. The predicted octanol–water partition coefficient (Wildman–Crippen LogP) is 3.97. The van der Waals surface area contributed by atoms with Gasteiger partial charge in [0, 0.05) is 18.2 Å². The Morgan fingerprint density at radius 1 is 1.26 bits per heavy atom. The lowest BCUT2D eigenvalue weighted by molar-refractivity contribution is -0.384. The van der Waals surface area contributed by atoms with Crippen LogP contribution in [0.15, 0.2) is 53.5 Å². The Labute approximate surface area is 133 Å². The number of ketones is 1. The molecule has 0 saturated carbocycles. The fourth-order valence-corrected chi connectivity index (χ4v) is 1.98. The van der Waals surface area contributed by atoms with E-state index >= 15 is 0 Å². The summed E-state index contributed by atoms with van der Waals surface area (Å²) in [7, 11) is 0. The van der Waals surface area contributed by atoms with Gasteiger partial charge < -0.3 is 4.74 Å². The monoisotopic (exact) mass is 312 g/mol. The highest BCUT2D eigenvalue weighted by molar-refractivity contribution is 6.03. The van der Waals surface area contributed by atoms with Gasteiger partial charge in [-0.1, -0.05) is 30.3 Å². The summed E-state index contributed by atoms with van der Waals surface area (Å²) in [5.74, 6) is 0.321. The summed E-state index contributed by atoms with van der Waals surface area (Å²) in [5, 5.41) is 11.1. The highest BCUT2D eigenvalue weighted by Crippen LogP contribution is 2.31. The van der Waals surface area contributed by atoms with Crippen LogP contribution in [0.2, 0.25) is 0 Å². The zero-order valence-corrected chi connectivity index (χ0v) is 12.6. The van der Waals surface area contributed by atoms with E-state index in [-0.39, 0.29) is 23.6 Å². The summed E-state index contributed by atoms with van der Waals surface area (Å²) in [6.45, 7) is 2.22. The van der Waals surface area contributed by atoms with Crippen LogP contribution >= 0.6 is 0 Å². The van der Waals surface area contributed by atoms with E-state index in [1.54, 1.807) is 37.3 Å². The van der Waals surface area contributed by atoms with Gasteiger partial charge in [-0.15, -0.1) is 0 Å². The summed E-state index contributed by atoms with van der Waals surface area (Å²) < 4.78 is 5.24. The molecule has 0 aromatic heterocycles. The molecule has 23 heavy (non-hydrogen) atoms. The van der Waals surface area contributed by atoms with Crippen molar-refractivity contribution in [3.63, 3.8) is 0 Å². The van der Waals surface area contributed by atoms with E-state index in [2.05, 4.69) is 4.99 Å². The quantitative estimate of drug-likeness (QED) is 0.335. The predicted molar refractivity (Wildman–Crippen MR) is 87.8 cm³/mol. The molecule has 0 heterocycles. The Morgan fingerprint density at radius 3 is 2.65 bits per heavy atom. The molecule has 0 aliphatic carbocycles. The average molecular weight is 312 g/mol. The minimum atomic E-state index is -0.520. The maximum absolute atomic E-state index is 11.9. The molecule has 2 rings (SSSR count). The van der Waals surface area contributed by atoms with Crippen molar-refractivity contribution in [2.45, 2.75) is 13.3 Å². The molecule has 6 nitrogen and oxygen atoms in total. The van der Waals surface area contributed by atoms with E-state index in [9.17, 15) is 14.9 Å². The number of nitro benzene ring substituents is 1. The van der Waals surface area contributed by atoms with Gasteiger partial charge in [0.25, 0.3) is 5.69 Å². The lowest BCUT2D eigenvalue weighted by Crippen LogP contribution is -1.99. The van der Waals surface area contributed by atoms with E-state index in [0.29, 0.717) is 17.9 Å². The third-order valence-electron chi connectivity index (χ3n) is 3.06. The Morgan fingerprint density at radius 2 is 2.00 bits per heavy atom. The summed E-state index contributed by atoms with van der Waals surface area (Å²) in [6.07, 6.45) is 1.46. The van der Waals surface area contributed by atoms with E-state index in [0.717, 1.165) is 0 Å². The second-order valence-electron chi connectivity index (χ2n) is 4.65. The van der Waals surface area contributed by atoms with Crippen molar-refractivity contribution in [2.75, 3.05) is 6.61 Å². The zero-order valence-electron chi connectivity index (χ0n) is 12.6. The van der Waals surface area contributed by atoms with E-state index < -0.39 is 4.92 Å². The Kier molecular flexibility index (Phi) is 5.57. The lowest BCUT2D eigenvalue weighted by atomic mass is 10.1. The number of ether oxygens (including phenoxy) is 1. The molecule has 0 spiro atoms. The minimum Gasteiger partial charge on any atom is -0.494 e. The van der Waals surface area contributed by atoms with E-state index in [4.69, 9.17) is 4.74 Å². The number of carbonyl (C=O) groups is 1. The molecule has 118 valence electrons. The molecule has 0 aliphatic heterocycles. The van der Waals surface area contributed by atoms with Gasteiger partial charge in [-0.2, -0.15) is 0 Å². The molecule has 0 atom stereocenters. The van der Waals surface area contributed by atoms with Gasteiger partial charge in [0.05, 0.1) is 17.6 Å². The second kappa shape index (κ2) is 7.84. The minimum absolute atomic E-state index is 0.0778. The molecule has 0 N–H and O–H groups in total. The lowest BCUT2D eigenvalue weighted by Gasteiger charge is -2.03. The van der Waals surface area contributed by atoms with Crippen LogP contribution in [0.1, 0.15) is 23.7 Å². The van der Waals surface area contributed by atoms with Gasteiger partial charge in [-0.25, -0.2) is 0 Å². The molecule has 0 amide bonds. The van der Waals surface area contributed by atoms with E-state index in [1.807, 2.05) is 6.07 Å². The van der Waals surface area contributed by atoms with Crippen molar-refractivity contribution >= 4 is 23.4 Å². The molecule has 0 fully saturated rings. The molecule has 0 aliphatic rings. The van der Waals surface area contributed by atoms with Gasteiger partial charge in [-0.05, 0) is 19.1 Å². The molecule has 6 heteroatoms. The number of nitro groups is 1. The zero-order chi connectivity index (χ0) is 16.7. The van der Waals surface area contributed by atoms with Gasteiger partial charge in [-0.3, -0.25) is 19.9 Å². The van der Waals surface area contributed by atoms with Crippen LogP contribution in [-0.2, 0) is 0 Å². The van der Waals surface area contributed by atoms with Gasteiger partial charge in [0.2, 0.25) is 0 Å². The van der Waals surface area contributed by atoms with Crippen molar-refractivity contribution in [1.29, 1.82) is 0 Å². The molecule has 0 unspecified atom stereocenters. The number of carbonyl (C=O) groups excluding carboxylic acids is 1. The molecular weight excluding hydrogens is 296 g/mol. The first-order valence-electron chi connectivity index (χ1n) is 7.14. The maximum atomic E-state index is 11.9. The van der Waals surface area contributed by atoms with Crippen molar-refractivity contribution < 1.29 is 14.5 Å². The number of rotatable bonds is 7. The molecule has 2 aromatic rings. The van der Waals surface area contributed by atoms with Crippen LogP contribution < -0.4 is 4.74 Å². The summed E-state index contributed by atoms with van der Waals surface area (Å²) in [4.78, 5) is 26.6. The number of Topliss-reactive ketones (excluding diaryl/α,β-unsaturated/α-hetero) is 1. The fraction of sp³-hybridized carbons (Fsp3) is 0.176. The van der Waals surface area contributed by atoms with Gasteiger partial charge >= 0.3 is 0 Å². The average Bonchev–Trinajstić information content (AvgIpc) is 2.56. The highest BCUT2D eigenvalue weighted by Gasteiger charge is 2.14. The first kappa shape index (κ1) is 16.4. The highest BCUT2D eigenvalue weighted by atomic mass is 16.6. The van der Waals surface area contributed by atoms with Crippen LogP contribution in [0.5, 0.6) is 5.75 Å². The number of aliphatic imine (C=N–C) groups is 1. The Balaban J connectivity index is 2.12. The van der Waals surface area contributed by atoms with Crippen molar-refractivity contribution in [3.8, 4) is 5.75 Å². The van der Waals surface area contributed by atoms with Gasteiger partial charge in [0.1, 0.15) is 11.4 Å². The molecule has 0 radical (unpaired) electrons. The Hall–Kier alpha value is -3.02. The normalized spacial score (nSPS) is 10.7. The first-order valence-corrected chi connectivity index (χ1v) is 7.14. The van der Waals surface area contributed by atoms with Crippen LogP contribution in [0.25, 0.3) is 0 Å². The molecule has 0 saturated heterocycles. The fourth-order valence-electron chi connectivity index (χ4n) is 1.98. The molecule has 2 aromatic carbocycles. The largest absolute Gasteiger partial charge is 0.494 e. The Bertz CT molecular complexity index is 727. The number of hydrogen-bond acceptors (Lipinski definition) is 5. The molecule has 0 bridgehead atoms. The maximum Gasteiger partial charge on any atom is 0.298 e. The number of benzene rings is 2. The van der Waals surface area contributed by atoms with Crippen LogP contribution in [0.4, 0.5) is 11.4 Å². The summed E-state index contributed by atoms with van der Waals surface area (Å²) >= 11 is 0. The molecular formula is C17H16N2O4. The van der Waals surface area contributed by atoms with Crippen molar-refractivity contribution in [2.24, 2.45) is 4.99 Å². The second-order valence-corrected chi connectivity index (χ2v) is 4.65. The summed E-state index contributed by atoms with van der Waals surface area (Å²) in [6, 6.07) is 13.3. The van der Waals surface area contributed by atoms with Crippen molar-refractivity contribution in [3.05, 3.63) is 64.2 Å². The van der Waals surface area contributed by atoms with Crippen LogP contribution in [-0.4, -0.2) is 23.5 Å². The van der Waals surface area contributed by atoms with E-state index in [1.165, 1.54) is 18.3 Å². The third kappa shape index (κ3) is 4.47. The topological polar surface area (TPSA) is 81.8 Å².